The van der Waals surface area contributed by atoms with E-state index in [9.17, 15) is 0 Å². The lowest BCUT2D eigenvalue weighted by Crippen LogP contribution is -2.38. The van der Waals surface area contributed by atoms with E-state index in [4.69, 9.17) is 0 Å². The zero-order chi connectivity index (χ0) is 9.35. The van der Waals surface area contributed by atoms with Crippen molar-refractivity contribution in [2.75, 3.05) is 0 Å². The van der Waals surface area contributed by atoms with Crippen molar-refractivity contribution in [1.82, 2.24) is 0 Å². The van der Waals surface area contributed by atoms with Crippen molar-refractivity contribution < 1.29 is 0 Å². The lowest BCUT2D eigenvalue weighted by atomic mass is 9.59. The Balaban J connectivity index is 2.73. The molecule has 2 unspecified atom stereocenters. The van der Waals surface area contributed by atoms with Crippen molar-refractivity contribution in [2.24, 2.45) is 23.2 Å². The van der Waals surface area contributed by atoms with Crippen molar-refractivity contribution in [2.45, 2.75) is 53.9 Å². The van der Waals surface area contributed by atoms with E-state index < -0.39 is 0 Å². The van der Waals surface area contributed by atoms with Crippen LogP contribution in [-0.4, -0.2) is 0 Å². The van der Waals surface area contributed by atoms with Gasteiger partial charge in [-0.05, 0) is 36.0 Å². The monoisotopic (exact) mass is 168 g/mol. The molecule has 4 atom stereocenters. The second kappa shape index (κ2) is 3.40. The lowest BCUT2D eigenvalue weighted by molar-refractivity contribution is 0.0313. The first-order valence-corrected chi connectivity index (χ1v) is 5.50. The Morgan fingerprint density at radius 1 is 1.08 bits per heavy atom. The fraction of sp³-hybridized carbons (Fsp3) is 1.00. The van der Waals surface area contributed by atoms with Gasteiger partial charge in [0.1, 0.15) is 0 Å². The minimum Gasteiger partial charge on any atom is -0.0648 e. The van der Waals surface area contributed by atoms with E-state index in [1.54, 1.807) is 0 Å². The van der Waals surface area contributed by atoms with E-state index >= 15 is 0 Å². The molecule has 1 saturated carbocycles. The maximum atomic E-state index is 2.48. The molecule has 0 heteroatoms. The highest BCUT2D eigenvalue weighted by Crippen LogP contribution is 2.48. The minimum atomic E-state index is 0.618. The summed E-state index contributed by atoms with van der Waals surface area (Å²) in [4.78, 5) is 0. The largest absolute Gasteiger partial charge is 0.0648 e. The van der Waals surface area contributed by atoms with Gasteiger partial charge in [-0.15, -0.1) is 0 Å². The molecular formula is C12H24. The van der Waals surface area contributed by atoms with Crippen LogP contribution in [0.1, 0.15) is 53.9 Å². The van der Waals surface area contributed by atoms with Gasteiger partial charge in [0, 0.05) is 0 Å². The molecule has 0 aromatic rings. The van der Waals surface area contributed by atoms with E-state index in [-0.39, 0.29) is 0 Å². The molecule has 1 aliphatic rings. The molecule has 0 bridgehead atoms. The maximum Gasteiger partial charge on any atom is -0.0277 e. The predicted octanol–water partition coefficient (Wildman–Crippen LogP) is 4.10. The van der Waals surface area contributed by atoms with Gasteiger partial charge in [0.05, 0.1) is 0 Å². The summed E-state index contributed by atoms with van der Waals surface area (Å²) in [6, 6.07) is 0. The molecule has 0 saturated heterocycles. The van der Waals surface area contributed by atoms with Gasteiger partial charge in [-0.1, -0.05) is 41.0 Å². The van der Waals surface area contributed by atoms with E-state index in [2.05, 4.69) is 34.6 Å². The molecule has 0 aliphatic heterocycles. The highest BCUT2D eigenvalue weighted by molar-refractivity contribution is 4.89. The Bertz CT molecular complexity index is 136. The van der Waals surface area contributed by atoms with Gasteiger partial charge in [0.15, 0.2) is 0 Å². The third-order valence-corrected chi connectivity index (χ3v) is 4.53. The molecule has 72 valence electrons. The lowest BCUT2D eigenvalue weighted by Gasteiger charge is -2.47. The summed E-state index contributed by atoms with van der Waals surface area (Å²) in [5.41, 5.74) is 0.618. The van der Waals surface area contributed by atoms with Crippen LogP contribution < -0.4 is 0 Å². The van der Waals surface area contributed by atoms with E-state index in [1.165, 1.54) is 19.3 Å². The first-order chi connectivity index (χ1) is 5.50. The molecule has 12 heavy (non-hydrogen) atoms. The molecular weight excluding hydrogens is 144 g/mol. The molecule has 1 rings (SSSR count). The van der Waals surface area contributed by atoms with Crippen LogP contribution in [0, 0.1) is 23.2 Å². The van der Waals surface area contributed by atoms with E-state index in [0.29, 0.717) is 5.41 Å². The van der Waals surface area contributed by atoms with Gasteiger partial charge in [0.25, 0.3) is 0 Å². The second-order valence-corrected chi connectivity index (χ2v) is 5.24. The van der Waals surface area contributed by atoms with Gasteiger partial charge < -0.3 is 0 Å². The van der Waals surface area contributed by atoms with E-state index in [1.807, 2.05) is 0 Å². The third-order valence-electron chi connectivity index (χ3n) is 4.53. The van der Waals surface area contributed by atoms with Crippen LogP contribution in [0.5, 0.6) is 0 Å². The Morgan fingerprint density at radius 3 is 1.83 bits per heavy atom. The summed E-state index contributed by atoms with van der Waals surface area (Å²) < 4.78 is 0. The first kappa shape index (κ1) is 10.1. The fourth-order valence-corrected chi connectivity index (χ4v) is 3.02. The van der Waals surface area contributed by atoms with Crippen LogP contribution >= 0.6 is 0 Å². The van der Waals surface area contributed by atoms with Crippen LogP contribution in [0.3, 0.4) is 0 Å². The topological polar surface area (TPSA) is 0 Å². The van der Waals surface area contributed by atoms with Gasteiger partial charge in [-0.3, -0.25) is 0 Å². The van der Waals surface area contributed by atoms with Gasteiger partial charge in [-0.2, -0.15) is 0 Å². The number of hydrogen-bond acceptors (Lipinski definition) is 0. The van der Waals surface area contributed by atoms with Crippen molar-refractivity contribution >= 4 is 0 Å². The summed E-state index contributed by atoms with van der Waals surface area (Å²) in [5, 5.41) is 0. The Labute approximate surface area is 77.7 Å². The molecule has 0 radical (unpaired) electrons. The van der Waals surface area contributed by atoms with Crippen LogP contribution in [0.2, 0.25) is 0 Å². The summed E-state index contributed by atoms with van der Waals surface area (Å²) in [7, 11) is 0. The van der Waals surface area contributed by atoms with Crippen molar-refractivity contribution in [3.05, 3.63) is 0 Å². The molecule has 0 aromatic heterocycles. The second-order valence-electron chi connectivity index (χ2n) is 5.24. The zero-order valence-corrected chi connectivity index (χ0v) is 9.35. The molecule has 0 nitrogen and oxygen atoms in total. The smallest absolute Gasteiger partial charge is 0.0277 e. The normalized spacial score (nSPS) is 49.2. The molecule has 0 aromatic carbocycles. The quantitative estimate of drug-likeness (QED) is 0.553. The fourth-order valence-electron chi connectivity index (χ4n) is 3.02. The predicted molar refractivity (Wildman–Crippen MR) is 55.1 cm³/mol. The molecule has 1 aliphatic carbocycles. The highest BCUT2D eigenvalue weighted by Gasteiger charge is 2.39. The van der Waals surface area contributed by atoms with Crippen molar-refractivity contribution in [3.63, 3.8) is 0 Å². The zero-order valence-electron chi connectivity index (χ0n) is 9.35. The van der Waals surface area contributed by atoms with Gasteiger partial charge in [-0.25, -0.2) is 0 Å². The average Bonchev–Trinajstić information content (AvgIpc) is 2.00. The van der Waals surface area contributed by atoms with Gasteiger partial charge in [0.2, 0.25) is 0 Å². The number of rotatable bonds is 1. The van der Waals surface area contributed by atoms with Crippen molar-refractivity contribution in [3.8, 4) is 0 Å². The molecule has 0 spiro atoms. The summed E-state index contributed by atoms with van der Waals surface area (Å²) >= 11 is 0. The van der Waals surface area contributed by atoms with Crippen LogP contribution in [0.4, 0.5) is 0 Å². The highest BCUT2D eigenvalue weighted by atomic mass is 14.4. The van der Waals surface area contributed by atoms with Crippen LogP contribution in [0.25, 0.3) is 0 Å². The first-order valence-electron chi connectivity index (χ1n) is 5.50. The number of hydrogen-bond donors (Lipinski definition) is 0. The SMILES string of the molecule is CCC1(C)[C@H](C)CC(C)C[C@@H]1C. The summed E-state index contributed by atoms with van der Waals surface area (Å²) in [5.74, 6) is 2.79. The Kier molecular flexibility index (Phi) is 2.85. The standard InChI is InChI=1S/C12H24/c1-6-12(5)10(3)7-9(2)8-11(12)4/h9-11H,6-8H2,1-5H3/t9?,10-,11+,12?. The Hall–Kier alpha value is 0. The van der Waals surface area contributed by atoms with Crippen LogP contribution in [0.15, 0.2) is 0 Å². The molecule has 1 fully saturated rings. The Morgan fingerprint density at radius 2 is 1.50 bits per heavy atom. The summed E-state index contributed by atoms with van der Waals surface area (Å²) in [6.45, 7) is 12.1. The molecule has 0 N–H and O–H groups in total. The van der Waals surface area contributed by atoms with E-state index in [0.717, 1.165) is 17.8 Å². The van der Waals surface area contributed by atoms with Crippen LogP contribution in [-0.2, 0) is 0 Å². The summed E-state index contributed by atoms with van der Waals surface area (Å²) in [6.07, 6.45) is 4.23. The van der Waals surface area contributed by atoms with Crippen molar-refractivity contribution in [1.29, 1.82) is 0 Å². The molecule has 0 heterocycles. The average molecular weight is 168 g/mol. The maximum absolute atomic E-state index is 2.48. The molecule has 0 amide bonds. The third kappa shape index (κ3) is 1.53. The van der Waals surface area contributed by atoms with Gasteiger partial charge >= 0.3 is 0 Å². The minimum absolute atomic E-state index is 0.618.